The molecular formula is C12H19NO. The first kappa shape index (κ1) is 11.1. The molecule has 1 atom stereocenters. The Bertz CT molecular complexity index is 295. The van der Waals surface area contributed by atoms with Crippen molar-refractivity contribution >= 4 is 0 Å². The van der Waals surface area contributed by atoms with Crippen LogP contribution < -0.4 is 10.5 Å². The molecule has 0 spiro atoms. The molecule has 0 heterocycles. The molecule has 0 aliphatic heterocycles. The summed E-state index contributed by atoms with van der Waals surface area (Å²) in [7, 11) is 0. The maximum Gasteiger partial charge on any atom is 0.125 e. The van der Waals surface area contributed by atoms with Crippen LogP contribution in [-0.2, 0) is 0 Å². The summed E-state index contributed by atoms with van der Waals surface area (Å²) in [5, 5.41) is 0. The predicted octanol–water partition coefficient (Wildman–Crippen LogP) is 2.72. The summed E-state index contributed by atoms with van der Waals surface area (Å²) in [6.45, 7) is 8.82. The highest BCUT2D eigenvalue weighted by atomic mass is 16.5. The Morgan fingerprint density at radius 3 is 2.14 bits per heavy atom. The third-order valence-corrected chi connectivity index (χ3v) is 2.30. The highest BCUT2D eigenvalue weighted by molar-refractivity contribution is 5.44. The summed E-state index contributed by atoms with van der Waals surface area (Å²) < 4.78 is 5.56. The van der Waals surface area contributed by atoms with E-state index in [1.165, 1.54) is 16.7 Å². The van der Waals surface area contributed by atoms with Crippen LogP contribution in [-0.4, -0.2) is 6.61 Å². The fourth-order valence-corrected chi connectivity index (χ4v) is 1.62. The van der Waals surface area contributed by atoms with E-state index >= 15 is 0 Å². The van der Waals surface area contributed by atoms with Crippen molar-refractivity contribution in [3.05, 3.63) is 28.8 Å². The maximum atomic E-state index is 5.83. The van der Waals surface area contributed by atoms with E-state index in [-0.39, 0.29) is 6.04 Å². The van der Waals surface area contributed by atoms with E-state index in [1.807, 2.05) is 13.8 Å². The van der Waals surface area contributed by atoms with Gasteiger partial charge in [-0.25, -0.2) is 0 Å². The highest BCUT2D eigenvalue weighted by Crippen LogP contribution is 2.26. The number of nitrogens with two attached hydrogens (primary N) is 1. The van der Waals surface area contributed by atoms with Crippen LogP contribution in [0.4, 0.5) is 0 Å². The lowest BCUT2D eigenvalue weighted by molar-refractivity contribution is 0.335. The van der Waals surface area contributed by atoms with Crippen LogP contribution in [0.5, 0.6) is 5.75 Å². The first-order valence-electron chi connectivity index (χ1n) is 5.05. The van der Waals surface area contributed by atoms with Crippen molar-refractivity contribution in [2.75, 3.05) is 6.61 Å². The first-order chi connectivity index (χ1) is 6.56. The van der Waals surface area contributed by atoms with Gasteiger partial charge in [0.05, 0.1) is 6.61 Å². The van der Waals surface area contributed by atoms with E-state index in [0.29, 0.717) is 6.61 Å². The number of hydrogen-bond donors (Lipinski definition) is 1. The number of hydrogen-bond acceptors (Lipinski definition) is 2. The van der Waals surface area contributed by atoms with Crippen molar-refractivity contribution in [1.82, 2.24) is 0 Å². The normalized spacial score (nSPS) is 12.6. The second kappa shape index (κ2) is 4.47. The highest BCUT2D eigenvalue weighted by Gasteiger charge is 2.07. The molecule has 1 aromatic rings. The van der Waals surface area contributed by atoms with Gasteiger partial charge in [-0.15, -0.1) is 0 Å². The molecule has 0 bridgehead atoms. The van der Waals surface area contributed by atoms with E-state index in [4.69, 9.17) is 10.5 Å². The molecule has 0 radical (unpaired) electrons. The average Bonchev–Trinajstić information content (AvgIpc) is 2.10. The molecule has 2 heteroatoms. The maximum absolute atomic E-state index is 5.83. The van der Waals surface area contributed by atoms with E-state index in [9.17, 15) is 0 Å². The van der Waals surface area contributed by atoms with Gasteiger partial charge in [-0.1, -0.05) is 12.1 Å². The van der Waals surface area contributed by atoms with Gasteiger partial charge in [0.2, 0.25) is 0 Å². The van der Waals surface area contributed by atoms with Crippen LogP contribution >= 0.6 is 0 Å². The van der Waals surface area contributed by atoms with Crippen LogP contribution in [0.2, 0.25) is 0 Å². The molecular weight excluding hydrogens is 174 g/mol. The molecule has 1 aromatic carbocycles. The SMILES string of the molecule is CCOc1c(C)cc([C@@H](C)N)cc1C. The van der Waals surface area contributed by atoms with Crippen LogP contribution in [0.15, 0.2) is 12.1 Å². The van der Waals surface area contributed by atoms with Crippen LogP contribution in [0, 0.1) is 13.8 Å². The fraction of sp³-hybridized carbons (Fsp3) is 0.500. The summed E-state index contributed by atoms with van der Waals surface area (Å²) >= 11 is 0. The van der Waals surface area contributed by atoms with Gasteiger partial charge >= 0.3 is 0 Å². The Morgan fingerprint density at radius 1 is 1.29 bits per heavy atom. The molecule has 2 N–H and O–H groups in total. The van der Waals surface area contributed by atoms with Crippen molar-refractivity contribution in [3.63, 3.8) is 0 Å². The summed E-state index contributed by atoms with van der Waals surface area (Å²) in [6, 6.07) is 4.29. The first-order valence-corrected chi connectivity index (χ1v) is 5.05. The van der Waals surface area contributed by atoms with Gasteiger partial charge in [0.15, 0.2) is 0 Å². The van der Waals surface area contributed by atoms with Gasteiger partial charge in [-0.3, -0.25) is 0 Å². The van der Waals surface area contributed by atoms with Gasteiger partial charge in [-0.2, -0.15) is 0 Å². The van der Waals surface area contributed by atoms with Crippen molar-refractivity contribution in [3.8, 4) is 5.75 Å². The zero-order valence-electron chi connectivity index (χ0n) is 9.42. The molecule has 0 aliphatic carbocycles. The molecule has 0 saturated carbocycles. The quantitative estimate of drug-likeness (QED) is 0.801. The smallest absolute Gasteiger partial charge is 0.125 e. The fourth-order valence-electron chi connectivity index (χ4n) is 1.62. The van der Waals surface area contributed by atoms with Crippen LogP contribution in [0.3, 0.4) is 0 Å². The molecule has 0 saturated heterocycles. The van der Waals surface area contributed by atoms with E-state index in [1.54, 1.807) is 0 Å². The third kappa shape index (κ3) is 2.26. The molecule has 0 aliphatic rings. The predicted molar refractivity (Wildman–Crippen MR) is 59.7 cm³/mol. The lowest BCUT2D eigenvalue weighted by Crippen LogP contribution is -2.06. The summed E-state index contributed by atoms with van der Waals surface area (Å²) in [5.41, 5.74) is 9.34. The Morgan fingerprint density at radius 2 is 1.79 bits per heavy atom. The van der Waals surface area contributed by atoms with Crippen LogP contribution in [0.1, 0.15) is 36.6 Å². The summed E-state index contributed by atoms with van der Waals surface area (Å²) in [6.07, 6.45) is 0. The minimum atomic E-state index is 0.0862. The van der Waals surface area contributed by atoms with Crippen molar-refractivity contribution in [2.45, 2.75) is 33.7 Å². The molecule has 0 unspecified atom stereocenters. The van der Waals surface area contributed by atoms with E-state index in [0.717, 1.165) is 5.75 Å². The number of rotatable bonds is 3. The second-order valence-electron chi connectivity index (χ2n) is 3.71. The van der Waals surface area contributed by atoms with Gasteiger partial charge in [0, 0.05) is 6.04 Å². The minimum absolute atomic E-state index is 0.0862. The lowest BCUT2D eigenvalue weighted by Gasteiger charge is -2.14. The van der Waals surface area contributed by atoms with Gasteiger partial charge < -0.3 is 10.5 Å². The van der Waals surface area contributed by atoms with Crippen LogP contribution in [0.25, 0.3) is 0 Å². The third-order valence-electron chi connectivity index (χ3n) is 2.30. The molecule has 0 aromatic heterocycles. The summed E-state index contributed by atoms with van der Waals surface area (Å²) in [4.78, 5) is 0. The van der Waals surface area contributed by atoms with Crippen molar-refractivity contribution < 1.29 is 4.74 Å². The topological polar surface area (TPSA) is 35.2 Å². The largest absolute Gasteiger partial charge is 0.493 e. The van der Waals surface area contributed by atoms with Crippen molar-refractivity contribution in [1.29, 1.82) is 0 Å². The Balaban J connectivity index is 3.11. The number of aryl methyl sites for hydroxylation is 2. The number of ether oxygens (including phenoxy) is 1. The molecule has 0 fully saturated rings. The Hall–Kier alpha value is -1.02. The molecule has 14 heavy (non-hydrogen) atoms. The Labute approximate surface area is 86.1 Å². The summed E-state index contributed by atoms with van der Waals surface area (Å²) in [5.74, 6) is 0.997. The molecule has 2 nitrogen and oxygen atoms in total. The monoisotopic (exact) mass is 193 g/mol. The Kier molecular flexibility index (Phi) is 3.53. The number of benzene rings is 1. The average molecular weight is 193 g/mol. The van der Waals surface area contributed by atoms with Gasteiger partial charge in [0.1, 0.15) is 5.75 Å². The zero-order chi connectivity index (χ0) is 10.7. The van der Waals surface area contributed by atoms with Gasteiger partial charge in [0.25, 0.3) is 0 Å². The standard InChI is InChI=1S/C12H19NO/c1-5-14-12-8(2)6-11(10(4)13)7-9(12)3/h6-7,10H,5,13H2,1-4H3/t10-/m1/s1. The molecule has 1 rings (SSSR count). The zero-order valence-corrected chi connectivity index (χ0v) is 9.42. The van der Waals surface area contributed by atoms with E-state index in [2.05, 4.69) is 26.0 Å². The molecule has 0 amide bonds. The molecule has 78 valence electrons. The lowest BCUT2D eigenvalue weighted by atomic mass is 10.0. The van der Waals surface area contributed by atoms with Crippen molar-refractivity contribution in [2.24, 2.45) is 5.73 Å². The van der Waals surface area contributed by atoms with E-state index < -0.39 is 0 Å². The second-order valence-corrected chi connectivity index (χ2v) is 3.71. The minimum Gasteiger partial charge on any atom is -0.493 e. The van der Waals surface area contributed by atoms with Gasteiger partial charge in [-0.05, 0) is 44.4 Å².